The van der Waals surface area contributed by atoms with Crippen LogP contribution in [-0.2, 0) is 37.9 Å². The molecule has 0 saturated heterocycles. The number of rotatable bonds is 29. The fourth-order valence-corrected chi connectivity index (χ4v) is 3.16. The fourth-order valence-electron chi connectivity index (χ4n) is 3.16. The van der Waals surface area contributed by atoms with Gasteiger partial charge in [0.05, 0.1) is 106 Å². The molecule has 0 radical (unpaired) electrons. The van der Waals surface area contributed by atoms with Crippen LogP contribution in [0, 0.1) is 0 Å². The van der Waals surface area contributed by atoms with Gasteiger partial charge in [0, 0.05) is 5.69 Å². The minimum absolute atomic E-state index is 0.478. The Balaban J connectivity index is 1.16. The van der Waals surface area contributed by atoms with Crippen molar-refractivity contribution < 1.29 is 47.4 Å². The Morgan fingerprint density at radius 1 is 0.317 bits per heavy atom. The van der Waals surface area contributed by atoms with Gasteiger partial charge in [-0.3, -0.25) is 0 Å². The Kier molecular flexibility index (Phi) is 22.4. The quantitative estimate of drug-likeness (QED) is 0.113. The predicted octanol–water partition coefficient (Wildman–Crippen LogP) is 2.86. The molecule has 0 amide bonds. The first-order chi connectivity index (χ1) is 20.3. The Hall–Kier alpha value is -2.48. The topological polar surface area (TPSA) is 118 Å². The van der Waals surface area contributed by atoms with Gasteiger partial charge in [-0.25, -0.2) is 0 Å². The monoisotopic (exact) mass is 581 g/mol. The van der Waals surface area contributed by atoms with Crippen molar-refractivity contribution in [1.82, 2.24) is 0 Å². The van der Waals surface area contributed by atoms with E-state index in [9.17, 15) is 0 Å². The molecule has 41 heavy (non-hydrogen) atoms. The number of nitrogen functional groups attached to an aromatic ring is 1. The lowest BCUT2D eigenvalue weighted by Gasteiger charge is -2.09. The highest BCUT2D eigenvalue weighted by Gasteiger charge is 1.97. The molecule has 0 fully saturated rings. The lowest BCUT2D eigenvalue weighted by Crippen LogP contribution is -2.15. The maximum absolute atomic E-state index is 5.64. The summed E-state index contributed by atoms with van der Waals surface area (Å²) in [6, 6.07) is 16.9. The molecular formula is C30H47NO10. The lowest BCUT2D eigenvalue weighted by atomic mass is 10.3. The SMILES string of the molecule is Nc1ccc(OCCOCCOCCOCCOCCOCCOCCOCCOCCOc2ccccc2)cc1. The van der Waals surface area contributed by atoms with E-state index in [0.717, 1.165) is 11.5 Å². The first-order valence-corrected chi connectivity index (χ1v) is 14.1. The van der Waals surface area contributed by atoms with E-state index in [1.165, 1.54) is 0 Å². The minimum Gasteiger partial charge on any atom is -0.491 e. The number of ether oxygens (including phenoxy) is 10. The standard InChI is InChI=1S/C30H47NO10/c31-28-6-8-30(9-7-28)41-27-25-39-23-21-37-19-17-35-15-13-33-11-10-32-12-14-34-16-18-36-20-22-38-24-26-40-29-4-2-1-3-5-29/h1-9H,10-27,31H2. The largest absolute Gasteiger partial charge is 0.491 e. The highest BCUT2D eigenvalue weighted by atomic mass is 16.6. The summed E-state index contributed by atoms with van der Waals surface area (Å²) in [5, 5.41) is 0. The first kappa shape index (κ1) is 34.7. The van der Waals surface area contributed by atoms with Gasteiger partial charge in [0.25, 0.3) is 0 Å². The van der Waals surface area contributed by atoms with Gasteiger partial charge in [-0.1, -0.05) is 18.2 Å². The summed E-state index contributed by atoms with van der Waals surface area (Å²) in [5.74, 6) is 1.62. The molecule has 0 aromatic heterocycles. The molecule has 2 aromatic carbocycles. The number of benzene rings is 2. The summed E-state index contributed by atoms with van der Waals surface area (Å²) in [7, 11) is 0. The molecule has 0 bridgehead atoms. The van der Waals surface area contributed by atoms with Crippen LogP contribution in [0.1, 0.15) is 0 Å². The summed E-state index contributed by atoms with van der Waals surface area (Å²) in [5.41, 5.74) is 6.35. The maximum Gasteiger partial charge on any atom is 0.119 e. The molecule has 0 atom stereocenters. The van der Waals surface area contributed by atoms with Gasteiger partial charge in [0.2, 0.25) is 0 Å². The van der Waals surface area contributed by atoms with Crippen molar-refractivity contribution in [3.63, 3.8) is 0 Å². The van der Waals surface area contributed by atoms with E-state index in [1.54, 1.807) is 12.1 Å². The average Bonchev–Trinajstić information content (AvgIpc) is 3.00. The van der Waals surface area contributed by atoms with Gasteiger partial charge in [0.15, 0.2) is 0 Å². The Morgan fingerprint density at radius 3 is 0.902 bits per heavy atom. The summed E-state index contributed by atoms with van der Waals surface area (Å²) in [4.78, 5) is 0. The van der Waals surface area contributed by atoms with Gasteiger partial charge in [-0.05, 0) is 36.4 Å². The third-order valence-electron chi connectivity index (χ3n) is 5.22. The molecule has 2 rings (SSSR count). The minimum atomic E-state index is 0.478. The Bertz CT molecular complexity index is 813. The van der Waals surface area contributed by atoms with Crippen molar-refractivity contribution in [3.05, 3.63) is 54.6 Å². The molecule has 0 spiro atoms. The summed E-state index contributed by atoms with van der Waals surface area (Å²) >= 11 is 0. The van der Waals surface area contributed by atoms with Crippen LogP contribution >= 0.6 is 0 Å². The number of para-hydroxylation sites is 1. The second-order valence-electron chi connectivity index (χ2n) is 8.48. The van der Waals surface area contributed by atoms with Gasteiger partial charge >= 0.3 is 0 Å². The molecule has 0 unspecified atom stereocenters. The number of nitrogens with two attached hydrogens (primary N) is 1. The molecule has 2 N–H and O–H groups in total. The van der Waals surface area contributed by atoms with E-state index in [1.807, 2.05) is 42.5 Å². The van der Waals surface area contributed by atoms with Crippen molar-refractivity contribution in [1.29, 1.82) is 0 Å². The molecule has 11 nitrogen and oxygen atoms in total. The van der Waals surface area contributed by atoms with Gasteiger partial charge in [0.1, 0.15) is 24.7 Å². The van der Waals surface area contributed by atoms with E-state index in [0.29, 0.717) is 125 Å². The zero-order valence-corrected chi connectivity index (χ0v) is 24.1. The van der Waals surface area contributed by atoms with E-state index >= 15 is 0 Å². The van der Waals surface area contributed by atoms with E-state index in [-0.39, 0.29) is 0 Å². The summed E-state index contributed by atoms with van der Waals surface area (Å²) < 4.78 is 54.9. The van der Waals surface area contributed by atoms with E-state index in [4.69, 9.17) is 53.1 Å². The van der Waals surface area contributed by atoms with Gasteiger partial charge < -0.3 is 53.1 Å². The molecule has 232 valence electrons. The van der Waals surface area contributed by atoms with Crippen LogP contribution in [0.2, 0.25) is 0 Å². The number of anilines is 1. The third-order valence-corrected chi connectivity index (χ3v) is 5.22. The van der Waals surface area contributed by atoms with Crippen LogP contribution in [0.3, 0.4) is 0 Å². The van der Waals surface area contributed by atoms with Crippen molar-refractivity contribution >= 4 is 5.69 Å². The van der Waals surface area contributed by atoms with E-state index in [2.05, 4.69) is 0 Å². The van der Waals surface area contributed by atoms with Crippen molar-refractivity contribution in [3.8, 4) is 11.5 Å². The Morgan fingerprint density at radius 2 is 0.585 bits per heavy atom. The lowest BCUT2D eigenvalue weighted by molar-refractivity contribution is -0.0241. The molecule has 0 aliphatic rings. The number of hydrogen-bond acceptors (Lipinski definition) is 11. The van der Waals surface area contributed by atoms with Crippen LogP contribution in [0.15, 0.2) is 54.6 Å². The molecule has 2 aromatic rings. The van der Waals surface area contributed by atoms with Crippen molar-refractivity contribution in [2.45, 2.75) is 0 Å². The van der Waals surface area contributed by atoms with Gasteiger partial charge in [-0.15, -0.1) is 0 Å². The van der Waals surface area contributed by atoms with Gasteiger partial charge in [-0.2, -0.15) is 0 Å². The maximum atomic E-state index is 5.64. The smallest absolute Gasteiger partial charge is 0.119 e. The highest BCUT2D eigenvalue weighted by molar-refractivity contribution is 5.41. The summed E-state index contributed by atoms with van der Waals surface area (Å²) in [6.07, 6.45) is 0. The fraction of sp³-hybridized carbons (Fsp3) is 0.600. The predicted molar refractivity (Wildman–Crippen MR) is 155 cm³/mol. The second kappa shape index (κ2) is 26.4. The zero-order valence-electron chi connectivity index (χ0n) is 24.1. The first-order valence-electron chi connectivity index (χ1n) is 14.1. The molecule has 0 aliphatic heterocycles. The molecule has 11 heteroatoms. The van der Waals surface area contributed by atoms with Crippen LogP contribution < -0.4 is 15.2 Å². The summed E-state index contributed by atoms with van der Waals surface area (Å²) in [6.45, 7) is 9.24. The zero-order chi connectivity index (χ0) is 28.9. The molecule has 0 aliphatic carbocycles. The average molecular weight is 582 g/mol. The van der Waals surface area contributed by atoms with Crippen LogP contribution in [0.5, 0.6) is 11.5 Å². The van der Waals surface area contributed by atoms with Crippen LogP contribution in [0.25, 0.3) is 0 Å². The van der Waals surface area contributed by atoms with Crippen LogP contribution in [0.4, 0.5) is 5.69 Å². The Labute approximate surface area is 244 Å². The molecule has 0 heterocycles. The molecule has 0 saturated carbocycles. The molecular weight excluding hydrogens is 534 g/mol. The van der Waals surface area contributed by atoms with E-state index < -0.39 is 0 Å². The van der Waals surface area contributed by atoms with Crippen molar-refractivity contribution in [2.75, 3.05) is 125 Å². The third kappa shape index (κ3) is 21.9. The van der Waals surface area contributed by atoms with Crippen LogP contribution in [-0.4, -0.2) is 119 Å². The second-order valence-corrected chi connectivity index (χ2v) is 8.48. The van der Waals surface area contributed by atoms with Crippen molar-refractivity contribution in [2.24, 2.45) is 0 Å². The number of hydrogen-bond donors (Lipinski definition) is 1. The highest BCUT2D eigenvalue weighted by Crippen LogP contribution is 2.12. The normalized spacial score (nSPS) is 11.1.